The van der Waals surface area contributed by atoms with Gasteiger partial charge in [0.15, 0.2) is 6.10 Å². The van der Waals surface area contributed by atoms with Crippen LogP contribution in [0.3, 0.4) is 0 Å². The maximum atomic E-state index is 13.1. The normalized spacial score (nSPS) is 23.4. The van der Waals surface area contributed by atoms with Gasteiger partial charge >= 0.3 is 0 Å². The van der Waals surface area contributed by atoms with E-state index in [2.05, 4.69) is 5.10 Å². The Hall–Kier alpha value is -1.95. The minimum Gasteiger partial charge on any atom is -0.479 e. The van der Waals surface area contributed by atoms with Crippen molar-refractivity contribution < 1.29 is 9.53 Å². The van der Waals surface area contributed by atoms with Crippen molar-refractivity contribution in [1.82, 2.24) is 14.7 Å². The molecule has 2 aromatic rings. The summed E-state index contributed by atoms with van der Waals surface area (Å²) in [4.78, 5) is 16.2. The molecule has 0 saturated carbocycles. The Bertz CT molecular complexity index is 704. The molecule has 2 aliphatic heterocycles. The first-order valence-electron chi connectivity index (χ1n) is 8.47. The van der Waals surface area contributed by atoms with Crippen LogP contribution in [0.5, 0.6) is 5.75 Å². The quantitative estimate of drug-likeness (QED) is 0.860. The third-order valence-corrected chi connectivity index (χ3v) is 5.77. The predicted octanol–water partition coefficient (Wildman–Crippen LogP) is 2.82. The topological polar surface area (TPSA) is 47.4 Å². The summed E-state index contributed by atoms with van der Waals surface area (Å²) in [5, 5.41) is 4.29. The highest BCUT2D eigenvalue weighted by molar-refractivity contribution is 7.99. The molecule has 5 nitrogen and oxygen atoms in total. The lowest BCUT2D eigenvalue weighted by Gasteiger charge is -2.38. The third-order valence-electron chi connectivity index (χ3n) is 4.65. The molecule has 0 N–H and O–H groups in total. The Balaban J connectivity index is 1.48. The Morgan fingerprint density at radius 1 is 1.29 bits per heavy atom. The van der Waals surface area contributed by atoms with Crippen LogP contribution in [0.15, 0.2) is 47.6 Å². The van der Waals surface area contributed by atoms with Gasteiger partial charge in [-0.3, -0.25) is 9.48 Å². The maximum Gasteiger partial charge on any atom is 0.264 e. The molecule has 1 aromatic carbocycles. The van der Waals surface area contributed by atoms with Crippen LogP contribution >= 0.6 is 11.8 Å². The predicted molar refractivity (Wildman–Crippen MR) is 93.2 cm³/mol. The molecule has 0 spiro atoms. The molecule has 2 aliphatic rings. The van der Waals surface area contributed by atoms with Crippen LogP contribution in [-0.4, -0.2) is 45.0 Å². The van der Waals surface area contributed by atoms with E-state index in [0.717, 1.165) is 36.6 Å². The number of carbonyl (C=O) groups excluding carboxylic acids is 1. The molecule has 4 rings (SSSR count). The van der Waals surface area contributed by atoms with Crippen LogP contribution in [0.1, 0.15) is 19.3 Å². The van der Waals surface area contributed by atoms with Gasteiger partial charge < -0.3 is 9.64 Å². The zero-order chi connectivity index (χ0) is 16.4. The Morgan fingerprint density at radius 3 is 3.08 bits per heavy atom. The number of rotatable bonds is 3. The number of fused-ring (bicyclic) bond motifs is 1. The van der Waals surface area contributed by atoms with Crippen molar-refractivity contribution in [2.75, 3.05) is 12.3 Å². The molecular formula is C18H21N3O2S. The maximum absolute atomic E-state index is 13.1. The van der Waals surface area contributed by atoms with Gasteiger partial charge in [0.05, 0.1) is 12.6 Å². The molecular weight excluding hydrogens is 322 g/mol. The molecule has 1 amide bonds. The molecule has 0 bridgehead atoms. The van der Waals surface area contributed by atoms with E-state index >= 15 is 0 Å². The Labute approximate surface area is 146 Å². The van der Waals surface area contributed by atoms with E-state index in [9.17, 15) is 4.79 Å². The summed E-state index contributed by atoms with van der Waals surface area (Å²) in [6.45, 7) is 1.58. The number of aromatic nitrogens is 2. The molecule has 1 saturated heterocycles. The van der Waals surface area contributed by atoms with Gasteiger partial charge in [0.2, 0.25) is 0 Å². The van der Waals surface area contributed by atoms with Gasteiger partial charge in [-0.15, -0.1) is 11.8 Å². The summed E-state index contributed by atoms with van der Waals surface area (Å²) < 4.78 is 7.91. The average Bonchev–Trinajstić information content (AvgIpc) is 3.14. The summed E-state index contributed by atoms with van der Waals surface area (Å²) >= 11 is 1.71. The molecule has 6 heteroatoms. The number of amides is 1. The third kappa shape index (κ3) is 3.15. The second-order valence-corrected chi connectivity index (χ2v) is 7.34. The fraction of sp³-hybridized carbons (Fsp3) is 0.444. The van der Waals surface area contributed by atoms with Gasteiger partial charge in [-0.2, -0.15) is 5.10 Å². The fourth-order valence-corrected chi connectivity index (χ4v) is 4.41. The number of benzene rings is 1. The Morgan fingerprint density at radius 2 is 2.21 bits per heavy atom. The lowest BCUT2D eigenvalue weighted by atomic mass is 10.0. The van der Waals surface area contributed by atoms with Gasteiger partial charge in [0.25, 0.3) is 5.91 Å². The SMILES string of the molecule is O=C([C@H]1CSc2ccccc2O1)N1CCCC[C@@H]1Cn1cccn1. The summed E-state index contributed by atoms with van der Waals surface area (Å²) in [7, 11) is 0. The number of nitrogens with zero attached hydrogens (tertiary/aromatic N) is 3. The van der Waals surface area contributed by atoms with Crippen molar-refractivity contribution >= 4 is 17.7 Å². The smallest absolute Gasteiger partial charge is 0.264 e. The number of likely N-dealkylation sites (tertiary alicyclic amines) is 1. The standard InChI is InChI=1S/C18H21N3O2S/c22-18(16-13-24-17-8-2-1-7-15(17)23-16)21-11-4-3-6-14(21)12-20-10-5-9-19-20/h1-2,5,7-10,14,16H,3-4,6,11-13H2/t14-,16-/m1/s1. The number of hydrogen-bond acceptors (Lipinski definition) is 4. The number of piperidine rings is 1. The highest BCUT2D eigenvalue weighted by Gasteiger charge is 2.35. The van der Waals surface area contributed by atoms with Crippen molar-refractivity contribution in [1.29, 1.82) is 0 Å². The number of ether oxygens (including phenoxy) is 1. The van der Waals surface area contributed by atoms with Crippen LogP contribution in [0, 0.1) is 0 Å². The lowest BCUT2D eigenvalue weighted by Crippen LogP contribution is -2.52. The van der Waals surface area contributed by atoms with E-state index in [4.69, 9.17) is 4.74 Å². The second-order valence-electron chi connectivity index (χ2n) is 6.27. The highest BCUT2D eigenvalue weighted by Crippen LogP contribution is 2.35. The van der Waals surface area contributed by atoms with Crippen LogP contribution in [0.4, 0.5) is 0 Å². The molecule has 1 aromatic heterocycles. The number of hydrogen-bond donors (Lipinski definition) is 0. The van der Waals surface area contributed by atoms with Gasteiger partial charge in [0.1, 0.15) is 5.75 Å². The van der Waals surface area contributed by atoms with Gasteiger partial charge in [-0.1, -0.05) is 12.1 Å². The zero-order valence-electron chi connectivity index (χ0n) is 13.5. The molecule has 0 unspecified atom stereocenters. The van der Waals surface area contributed by atoms with Crippen molar-refractivity contribution in [3.8, 4) is 5.75 Å². The minimum atomic E-state index is -0.386. The lowest BCUT2D eigenvalue weighted by molar-refractivity contribution is -0.142. The monoisotopic (exact) mass is 343 g/mol. The van der Waals surface area contributed by atoms with Gasteiger partial charge in [-0.25, -0.2) is 0 Å². The van der Waals surface area contributed by atoms with E-state index in [0.29, 0.717) is 5.75 Å². The van der Waals surface area contributed by atoms with Crippen molar-refractivity contribution in [2.24, 2.45) is 0 Å². The van der Waals surface area contributed by atoms with Crippen LogP contribution in [0.2, 0.25) is 0 Å². The van der Waals surface area contributed by atoms with Crippen molar-refractivity contribution in [3.05, 3.63) is 42.7 Å². The molecule has 24 heavy (non-hydrogen) atoms. The van der Waals surface area contributed by atoms with Crippen LogP contribution in [-0.2, 0) is 11.3 Å². The van der Waals surface area contributed by atoms with E-state index in [1.54, 1.807) is 18.0 Å². The highest BCUT2D eigenvalue weighted by atomic mass is 32.2. The molecule has 1 fully saturated rings. The molecule has 126 valence electrons. The first kappa shape index (κ1) is 15.6. The Kier molecular flexibility index (Phi) is 4.47. The number of para-hydroxylation sites is 1. The summed E-state index contributed by atoms with van der Waals surface area (Å²) in [5.41, 5.74) is 0. The van der Waals surface area contributed by atoms with Gasteiger partial charge in [0, 0.05) is 29.6 Å². The summed E-state index contributed by atoms with van der Waals surface area (Å²) in [6.07, 6.45) is 6.62. The van der Waals surface area contributed by atoms with Crippen molar-refractivity contribution in [3.63, 3.8) is 0 Å². The van der Waals surface area contributed by atoms with E-state index < -0.39 is 0 Å². The molecule has 2 atom stereocenters. The minimum absolute atomic E-state index is 0.119. The molecule has 0 radical (unpaired) electrons. The van der Waals surface area contributed by atoms with Crippen LogP contribution in [0.25, 0.3) is 0 Å². The molecule has 0 aliphatic carbocycles. The number of thioether (sulfide) groups is 1. The first-order chi connectivity index (χ1) is 11.8. The number of carbonyl (C=O) groups is 1. The fourth-order valence-electron chi connectivity index (χ4n) is 3.43. The summed E-state index contributed by atoms with van der Waals surface area (Å²) in [5.74, 6) is 1.63. The van der Waals surface area contributed by atoms with Crippen molar-refractivity contribution in [2.45, 2.75) is 42.8 Å². The second kappa shape index (κ2) is 6.89. The van der Waals surface area contributed by atoms with E-state index in [-0.39, 0.29) is 18.1 Å². The van der Waals surface area contributed by atoms with E-state index in [1.165, 1.54) is 6.42 Å². The van der Waals surface area contributed by atoms with E-state index in [1.807, 2.05) is 46.1 Å². The molecule has 3 heterocycles. The zero-order valence-corrected chi connectivity index (χ0v) is 14.3. The largest absolute Gasteiger partial charge is 0.479 e. The first-order valence-corrected chi connectivity index (χ1v) is 9.46. The van der Waals surface area contributed by atoms with Crippen LogP contribution < -0.4 is 4.74 Å². The average molecular weight is 343 g/mol. The van der Waals surface area contributed by atoms with Gasteiger partial charge in [-0.05, 0) is 37.5 Å². The summed E-state index contributed by atoms with van der Waals surface area (Å²) in [6, 6.07) is 10.1.